The molecular weight excluding hydrogens is 166 g/mol. The summed E-state index contributed by atoms with van der Waals surface area (Å²) >= 11 is 0. The molecule has 1 rings (SSSR count). The lowest BCUT2D eigenvalue weighted by molar-refractivity contribution is -0.133. The van der Waals surface area contributed by atoms with Gasteiger partial charge in [-0.1, -0.05) is 26.5 Å². The molecule has 0 radical (unpaired) electrons. The Morgan fingerprint density at radius 3 is 2.54 bits per heavy atom. The highest BCUT2D eigenvalue weighted by Gasteiger charge is 2.15. The molecule has 0 aliphatic carbocycles. The van der Waals surface area contributed by atoms with Crippen LogP contribution in [0, 0.1) is 5.92 Å². The van der Waals surface area contributed by atoms with Crippen molar-refractivity contribution in [2.24, 2.45) is 5.92 Å². The first-order valence-electron chi connectivity index (χ1n) is 4.14. The third-order valence-electron chi connectivity index (χ3n) is 1.92. The van der Waals surface area contributed by atoms with Crippen molar-refractivity contribution in [2.75, 3.05) is 0 Å². The number of aliphatic carboxylic acids is 1. The predicted octanol–water partition coefficient (Wildman–Crippen LogP) is 1.65. The SMILES string of the molecule is C=C1NC(C(=O)O)=CC=C1C(C)C. The maximum Gasteiger partial charge on any atom is 0.352 e. The Balaban J connectivity index is 2.93. The molecule has 3 heteroatoms. The Morgan fingerprint density at radius 1 is 1.54 bits per heavy atom. The van der Waals surface area contributed by atoms with Crippen molar-refractivity contribution < 1.29 is 9.90 Å². The summed E-state index contributed by atoms with van der Waals surface area (Å²) < 4.78 is 0. The van der Waals surface area contributed by atoms with E-state index in [0.29, 0.717) is 11.6 Å². The number of rotatable bonds is 2. The summed E-state index contributed by atoms with van der Waals surface area (Å²) in [6.07, 6.45) is 3.36. The van der Waals surface area contributed by atoms with Gasteiger partial charge in [0.1, 0.15) is 5.70 Å². The van der Waals surface area contributed by atoms with Crippen LogP contribution in [0.25, 0.3) is 0 Å². The van der Waals surface area contributed by atoms with Gasteiger partial charge in [0.2, 0.25) is 0 Å². The summed E-state index contributed by atoms with van der Waals surface area (Å²) in [7, 11) is 0. The van der Waals surface area contributed by atoms with Crippen molar-refractivity contribution in [3.8, 4) is 0 Å². The molecule has 0 spiro atoms. The third-order valence-corrected chi connectivity index (χ3v) is 1.92. The minimum Gasteiger partial charge on any atom is -0.477 e. The first-order valence-corrected chi connectivity index (χ1v) is 4.14. The molecule has 2 N–H and O–H groups in total. The van der Waals surface area contributed by atoms with Gasteiger partial charge in [0.25, 0.3) is 0 Å². The van der Waals surface area contributed by atoms with Crippen molar-refractivity contribution in [1.29, 1.82) is 0 Å². The monoisotopic (exact) mass is 179 g/mol. The number of hydrogen-bond acceptors (Lipinski definition) is 2. The van der Waals surface area contributed by atoms with Crippen LogP contribution in [0.5, 0.6) is 0 Å². The molecule has 0 amide bonds. The Labute approximate surface area is 77.5 Å². The number of carboxylic acid groups (broad SMARTS) is 1. The van der Waals surface area contributed by atoms with Gasteiger partial charge in [0.15, 0.2) is 0 Å². The number of nitrogens with one attached hydrogen (secondary N) is 1. The molecule has 0 atom stereocenters. The molecule has 0 bridgehead atoms. The number of dihydropyridines is 1. The Hall–Kier alpha value is -1.51. The lowest BCUT2D eigenvalue weighted by Crippen LogP contribution is -2.24. The number of hydrogen-bond donors (Lipinski definition) is 2. The van der Waals surface area contributed by atoms with E-state index in [9.17, 15) is 4.79 Å². The lowest BCUT2D eigenvalue weighted by Gasteiger charge is -2.19. The molecule has 70 valence electrons. The number of allylic oxidation sites excluding steroid dienone is 3. The van der Waals surface area contributed by atoms with Crippen LogP contribution in [0.2, 0.25) is 0 Å². The van der Waals surface area contributed by atoms with Crippen molar-refractivity contribution >= 4 is 5.97 Å². The average molecular weight is 179 g/mol. The van der Waals surface area contributed by atoms with Crippen LogP contribution in [0.4, 0.5) is 0 Å². The van der Waals surface area contributed by atoms with Crippen LogP contribution in [0.1, 0.15) is 13.8 Å². The fourth-order valence-electron chi connectivity index (χ4n) is 1.22. The second kappa shape index (κ2) is 3.47. The van der Waals surface area contributed by atoms with Crippen LogP contribution in [0.3, 0.4) is 0 Å². The van der Waals surface area contributed by atoms with Gasteiger partial charge in [0, 0.05) is 5.70 Å². The Kier molecular flexibility index (Phi) is 2.56. The van der Waals surface area contributed by atoms with Gasteiger partial charge in [-0.2, -0.15) is 0 Å². The van der Waals surface area contributed by atoms with Crippen molar-refractivity contribution in [1.82, 2.24) is 5.32 Å². The molecule has 0 aromatic heterocycles. The van der Waals surface area contributed by atoms with Crippen LogP contribution in [-0.4, -0.2) is 11.1 Å². The van der Waals surface area contributed by atoms with E-state index in [2.05, 4.69) is 11.9 Å². The van der Waals surface area contributed by atoms with E-state index >= 15 is 0 Å². The topological polar surface area (TPSA) is 49.3 Å². The first kappa shape index (κ1) is 9.58. The van der Waals surface area contributed by atoms with Gasteiger partial charge in [-0.15, -0.1) is 0 Å². The molecule has 0 saturated carbocycles. The highest BCUT2D eigenvalue weighted by atomic mass is 16.4. The fraction of sp³-hybridized carbons (Fsp3) is 0.300. The molecule has 0 saturated heterocycles. The molecule has 1 aliphatic heterocycles. The number of carbonyl (C=O) groups is 1. The molecule has 1 aliphatic rings. The van der Waals surface area contributed by atoms with Crippen molar-refractivity contribution in [3.05, 3.63) is 35.7 Å². The molecule has 3 nitrogen and oxygen atoms in total. The second-order valence-electron chi connectivity index (χ2n) is 3.27. The van der Waals surface area contributed by atoms with Gasteiger partial charge in [0.05, 0.1) is 0 Å². The fourth-order valence-corrected chi connectivity index (χ4v) is 1.22. The summed E-state index contributed by atoms with van der Waals surface area (Å²) in [6.45, 7) is 7.85. The van der Waals surface area contributed by atoms with Gasteiger partial charge < -0.3 is 10.4 Å². The molecule has 0 aromatic rings. The zero-order valence-corrected chi connectivity index (χ0v) is 7.79. The summed E-state index contributed by atoms with van der Waals surface area (Å²) in [4.78, 5) is 10.6. The van der Waals surface area contributed by atoms with Crippen LogP contribution >= 0.6 is 0 Å². The second-order valence-corrected chi connectivity index (χ2v) is 3.27. The summed E-state index contributed by atoms with van der Waals surface area (Å²) in [5, 5.41) is 11.4. The van der Waals surface area contributed by atoms with E-state index in [0.717, 1.165) is 5.57 Å². The van der Waals surface area contributed by atoms with E-state index in [1.165, 1.54) is 0 Å². The van der Waals surface area contributed by atoms with Crippen molar-refractivity contribution in [3.63, 3.8) is 0 Å². The Bertz CT molecular complexity index is 311. The Morgan fingerprint density at radius 2 is 2.15 bits per heavy atom. The predicted molar refractivity (Wildman–Crippen MR) is 50.9 cm³/mol. The van der Waals surface area contributed by atoms with Crippen LogP contribution in [0.15, 0.2) is 35.7 Å². The molecule has 0 fully saturated rings. The van der Waals surface area contributed by atoms with E-state index in [1.54, 1.807) is 12.2 Å². The standard InChI is InChI=1S/C10H13NO2/c1-6(2)8-4-5-9(10(12)13)11-7(8)3/h4-6,11H,3H2,1-2H3,(H,12,13). The van der Waals surface area contributed by atoms with Gasteiger partial charge >= 0.3 is 5.97 Å². The van der Waals surface area contributed by atoms with Gasteiger partial charge in [-0.05, 0) is 17.6 Å². The largest absolute Gasteiger partial charge is 0.477 e. The molecule has 13 heavy (non-hydrogen) atoms. The average Bonchev–Trinajstić information content (AvgIpc) is 2.03. The maximum atomic E-state index is 10.6. The molecule has 1 heterocycles. The lowest BCUT2D eigenvalue weighted by atomic mass is 9.98. The molecule has 0 unspecified atom stereocenters. The number of carboxylic acids is 1. The van der Waals surface area contributed by atoms with Crippen LogP contribution < -0.4 is 5.32 Å². The highest BCUT2D eigenvalue weighted by molar-refractivity contribution is 5.87. The highest BCUT2D eigenvalue weighted by Crippen LogP contribution is 2.20. The van der Waals surface area contributed by atoms with E-state index in [-0.39, 0.29) is 5.70 Å². The van der Waals surface area contributed by atoms with E-state index < -0.39 is 5.97 Å². The van der Waals surface area contributed by atoms with E-state index in [4.69, 9.17) is 5.11 Å². The van der Waals surface area contributed by atoms with Crippen LogP contribution in [-0.2, 0) is 4.79 Å². The maximum absolute atomic E-state index is 10.6. The van der Waals surface area contributed by atoms with Crippen molar-refractivity contribution in [2.45, 2.75) is 13.8 Å². The van der Waals surface area contributed by atoms with Gasteiger partial charge in [-0.25, -0.2) is 4.79 Å². The minimum absolute atomic E-state index is 0.175. The smallest absolute Gasteiger partial charge is 0.352 e. The quantitative estimate of drug-likeness (QED) is 0.677. The first-order chi connectivity index (χ1) is 6.02. The van der Waals surface area contributed by atoms with E-state index in [1.807, 2.05) is 13.8 Å². The zero-order valence-electron chi connectivity index (χ0n) is 7.79. The normalized spacial score (nSPS) is 16.4. The summed E-state index contributed by atoms with van der Waals surface area (Å²) in [6, 6.07) is 0. The molecule has 0 aromatic carbocycles. The summed E-state index contributed by atoms with van der Waals surface area (Å²) in [5.74, 6) is -0.605. The van der Waals surface area contributed by atoms with Gasteiger partial charge in [-0.3, -0.25) is 0 Å². The third kappa shape index (κ3) is 1.99. The zero-order chi connectivity index (χ0) is 10.0. The molecular formula is C10H13NO2. The summed E-state index contributed by atoms with van der Waals surface area (Å²) in [5.41, 5.74) is 1.90. The minimum atomic E-state index is -0.958.